The molecule has 1 heterocycles. The van der Waals surface area contributed by atoms with E-state index in [0.717, 1.165) is 12.4 Å². The molecule has 0 saturated carbocycles. The van der Waals surface area contributed by atoms with Crippen LogP contribution in [0.3, 0.4) is 0 Å². The fraction of sp³-hybridized carbons (Fsp3) is 0.556. The maximum Gasteiger partial charge on any atom is 0.419 e. The molecular formula is C9H11F3N2. The summed E-state index contributed by atoms with van der Waals surface area (Å²) in [5.41, 5.74) is -0.801. The van der Waals surface area contributed by atoms with Crippen LogP contribution in [-0.2, 0) is 12.6 Å². The number of hydrogen-bond donors (Lipinski definition) is 0. The SMILES string of the molecule is CC(C)Cc1ncc(C(F)(F)F)cn1. The molecule has 78 valence electrons. The van der Waals surface area contributed by atoms with Gasteiger partial charge in [-0.1, -0.05) is 13.8 Å². The van der Waals surface area contributed by atoms with Crippen molar-refractivity contribution < 1.29 is 13.2 Å². The van der Waals surface area contributed by atoms with Crippen LogP contribution in [0.15, 0.2) is 12.4 Å². The molecular weight excluding hydrogens is 193 g/mol. The summed E-state index contributed by atoms with van der Waals surface area (Å²) in [6.45, 7) is 3.92. The molecule has 5 heteroatoms. The Labute approximate surface area is 80.2 Å². The maximum absolute atomic E-state index is 12.1. The molecule has 0 N–H and O–H groups in total. The van der Waals surface area contributed by atoms with Gasteiger partial charge in [-0.15, -0.1) is 0 Å². The van der Waals surface area contributed by atoms with E-state index < -0.39 is 11.7 Å². The second kappa shape index (κ2) is 3.94. The summed E-state index contributed by atoms with van der Waals surface area (Å²) >= 11 is 0. The zero-order valence-corrected chi connectivity index (χ0v) is 7.97. The van der Waals surface area contributed by atoms with Crippen LogP contribution in [0.25, 0.3) is 0 Å². The van der Waals surface area contributed by atoms with Gasteiger partial charge in [-0.2, -0.15) is 13.2 Å². The predicted octanol–water partition coefficient (Wildman–Crippen LogP) is 2.69. The first-order chi connectivity index (χ1) is 6.39. The third-order valence-corrected chi connectivity index (χ3v) is 1.62. The Morgan fingerprint density at radius 1 is 1.21 bits per heavy atom. The Morgan fingerprint density at radius 2 is 1.71 bits per heavy atom. The molecule has 0 saturated heterocycles. The molecule has 0 unspecified atom stereocenters. The fourth-order valence-corrected chi connectivity index (χ4v) is 0.972. The van der Waals surface area contributed by atoms with Crippen LogP contribution in [0.1, 0.15) is 25.2 Å². The van der Waals surface area contributed by atoms with E-state index in [-0.39, 0.29) is 0 Å². The molecule has 0 aliphatic carbocycles. The largest absolute Gasteiger partial charge is 0.419 e. The van der Waals surface area contributed by atoms with Crippen LogP contribution < -0.4 is 0 Å². The standard InChI is InChI=1S/C9H11F3N2/c1-6(2)3-8-13-4-7(5-14-8)9(10,11)12/h4-6H,3H2,1-2H3. The molecule has 0 amide bonds. The Balaban J connectivity index is 2.79. The van der Waals surface area contributed by atoms with Crippen LogP contribution in [0.2, 0.25) is 0 Å². The minimum atomic E-state index is -4.35. The summed E-state index contributed by atoms with van der Waals surface area (Å²) in [6, 6.07) is 0. The predicted molar refractivity (Wildman–Crippen MR) is 45.6 cm³/mol. The lowest BCUT2D eigenvalue weighted by molar-refractivity contribution is -0.138. The number of alkyl halides is 3. The third kappa shape index (κ3) is 2.97. The Morgan fingerprint density at radius 3 is 2.07 bits per heavy atom. The topological polar surface area (TPSA) is 25.8 Å². The van der Waals surface area contributed by atoms with E-state index >= 15 is 0 Å². The Hall–Kier alpha value is -1.13. The lowest BCUT2D eigenvalue weighted by Gasteiger charge is -2.06. The summed E-state index contributed by atoms with van der Waals surface area (Å²) in [5.74, 6) is 0.791. The van der Waals surface area contributed by atoms with Crippen molar-refractivity contribution in [1.29, 1.82) is 0 Å². The molecule has 1 aromatic heterocycles. The van der Waals surface area contributed by atoms with Gasteiger partial charge in [-0.25, -0.2) is 9.97 Å². The van der Waals surface area contributed by atoms with Crippen LogP contribution in [0.5, 0.6) is 0 Å². The maximum atomic E-state index is 12.1. The number of halogens is 3. The number of aromatic nitrogens is 2. The van der Waals surface area contributed by atoms with Gasteiger partial charge < -0.3 is 0 Å². The minimum Gasteiger partial charge on any atom is -0.241 e. The molecule has 0 bridgehead atoms. The second-order valence-corrected chi connectivity index (χ2v) is 3.48. The fourth-order valence-electron chi connectivity index (χ4n) is 0.972. The van der Waals surface area contributed by atoms with Gasteiger partial charge in [0.25, 0.3) is 0 Å². The molecule has 14 heavy (non-hydrogen) atoms. The normalized spacial score (nSPS) is 12.1. The molecule has 0 fully saturated rings. The first-order valence-corrected chi connectivity index (χ1v) is 4.27. The van der Waals surface area contributed by atoms with Crippen molar-refractivity contribution in [3.05, 3.63) is 23.8 Å². The number of nitrogens with zero attached hydrogens (tertiary/aromatic N) is 2. The first kappa shape index (κ1) is 10.9. The highest BCUT2D eigenvalue weighted by atomic mass is 19.4. The van der Waals surface area contributed by atoms with Crippen LogP contribution in [0, 0.1) is 5.92 Å². The van der Waals surface area contributed by atoms with Gasteiger partial charge in [-0.05, 0) is 5.92 Å². The van der Waals surface area contributed by atoms with Gasteiger partial charge in [-0.3, -0.25) is 0 Å². The lowest BCUT2D eigenvalue weighted by Crippen LogP contribution is -2.08. The second-order valence-electron chi connectivity index (χ2n) is 3.48. The number of hydrogen-bond acceptors (Lipinski definition) is 2. The van der Waals surface area contributed by atoms with E-state index in [4.69, 9.17) is 0 Å². The van der Waals surface area contributed by atoms with E-state index in [1.807, 2.05) is 13.8 Å². The van der Waals surface area contributed by atoms with Gasteiger partial charge >= 0.3 is 6.18 Å². The van der Waals surface area contributed by atoms with Crippen molar-refractivity contribution in [2.75, 3.05) is 0 Å². The average molecular weight is 204 g/mol. The summed E-state index contributed by atoms with van der Waals surface area (Å²) in [5, 5.41) is 0. The highest BCUT2D eigenvalue weighted by Gasteiger charge is 2.31. The van der Waals surface area contributed by atoms with E-state index in [2.05, 4.69) is 9.97 Å². The zero-order valence-electron chi connectivity index (χ0n) is 7.97. The molecule has 0 atom stereocenters. The number of rotatable bonds is 2. The van der Waals surface area contributed by atoms with Gasteiger partial charge in [0, 0.05) is 18.8 Å². The van der Waals surface area contributed by atoms with Crippen molar-refractivity contribution in [1.82, 2.24) is 9.97 Å². The van der Waals surface area contributed by atoms with Gasteiger partial charge in [0.15, 0.2) is 0 Å². The quantitative estimate of drug-likeness (QED) is 0.740. The van der Waals surface area contributed by atoms with E-state index in [0.29, 0.717) is 18.2 Å². The van der Waals surface area contributed by atoms with Crippen molar-refractivity contribution in [3.8, 4) is 0 Å². The van der Waals surface area contributed by atoms with Crippen molar-refractivity contribution in [3.63, 3.8) is 0 Å². The Kier molecular flexibility index (Phi) is 3.08. The summed E-state index contributed by atoms with van der Waals surface area (Å²) in [4.78, 5) is 7.31. The van der Waals surface area contributed by atoms with Crippen molar-refractivity contribution in [2.45, 2.75) is 26.4 Å². The van der Waals surface area contributed by atoms with E-state index in [1.54, 1.807) is 0 Å². The zero-order chi connectivity index (χ0) is 10.8. The molecule has 0 aliphatic rings. The van der Waals surface area contributed by atoms with Crippen LogP contribution in [-0.4, -0.2) is 9.97 Å². The van der Waals surface area contributed by atoms with Crippen molar-refractivity contribution in [2.24, 2.45) is 5.92 Å². The molecule has 0 spiro atoms. The molecule has 0 aliphatic heterocycles. The summed E-state index contributed by atoms with van der Waals surface area (Å²) in [7, 11) is 0. The van der Waals surface area contributed by atoms with E-state index in [9.17, 15) is 13.2 Å². The molecule has 1 aromatic rings. The third-order valence-electron chi connectivity index (χ3n) is 1.62. The monoisotopic (exact) mass is 204 g/mol. The Bertz CT molecular complexity index is 290. The smallest absolute Gasteiger partial charge is 0.241 e. The van der Waals surface area contributed by atoms with Gasteiger partial charge in [0.05, 0.1) is 5.56 Å². The molecule has 0 radical (unpaired) electrons. The summed E-state index contributed by atoms with van der Waals surface area (Å²) in [6.07, 6.45) is -2.11. The highest BCUT2D eigenvalue weighted by Crippen LogP contribution is 2.27. The lowest BCUT2D eigenvalue weighted by atomic mass is 10.1. The van der Waals surface area contributed by atoms with Crippen LogP contribution in [0.4, 0.5) is 13.2 Å². The summed E-state index contributed by atoms with van der Waals surface area (Å²) < 4.78 is 36.3. The minimum absolute atomic E-state index is 0.340. The molecule has 1 rings (SSSR count). The first-order valence-electron chi connectivity index (χ1n) is 4.27. The van der Waals surface area contributed by atoms with Crippen molar-refractivity contribution >= 4 is 0 Å². The van der Waals surface area contributed by atoms with Crippen LogP contribution >= 0.6 is 0 Å². The molecule has 2 nitrogen and oxygen atoms in total. The average Bonchev–Trinajstić information content (AvgIpc) is 2.02. The van der Waals surface area contributed by atoms with Gasteiger partial charge in [0.1, 0.15) is 5.82 Å². The molecule has 0 aromatic carbocycles. The highest BCUT2D eigenvalue weighted by molar-refractivity contribution is 5.09. The van der Waals surface area contributed by atoms with Gasteiger partial charge in [0.2, 0.25) is 0 Å². The van der Waals surface area contributed by atoms with E-state index in [1.165, 1.54) is 0 Å².